The summed E-state index contributed by atoms with van der Waals surface area (Å²) in [5, 5.41) is 15.0. The van der Waals surface area contributed by atoms with Crippen LogP contribution in [0.15, 0.2) is 29.3 Å². The number of nitrogens with one attached hydrogen (secondary N) is 1. The van der Waals surface area contributed by atoms with Crippen molar-refractivity contribution in [2.24, 2.45) is 13.0 Å². The molecule has 10 heteroatoms. The first-order valence-electron chi connectivity index (χ1n) is 9.86. The molecule has 0 amide bonds. The Kier molecular flexibility index (Phi) is 6.64. The molecule has 0 aromatic carbocycles. The van der Waals surface area contributed by atoms with Gasteiger partial charge in [0.1, 0.15) is 0 Å². The maximum Gasteiger partial charge on any atom is 0.490 e. The Labute approximate surface area is 171 Å². The fraction of sp³-hybridized carbons (Fsp3) is 0.550. The molecule has 1 atom stereocenters. The van der Waals surface area contributed by atoms with E-state index in [-0.39, 0.29) is 5.56 Å². The van der Waals surface area contributed by atoms with Gasteiger partial charge >= 0.3 is 12.1 Å². The minimum atomic E-state index is -5.08. The topological polar surface area (TPSA) is 89.2 Å². The van der Waals surface area contributed by atoms with Crippen LogP contribution in [0.25, 0.3) is 0 Å². The normalized spacial score (nSPS) is 18.3. The van der Waals surface area contributed by atoms with Crippen molar-refractivity contribution in [1.29, 1.82) is 0 Å². The third kappa shape index (κ3) is 5.94. The van der Waals surface area contributed by atoms with Crippen LogP contribution in [0.4, 0.5) is 13.2 Å². The lowest BCUT2D eigenvalue weighted by molar-refractivity contribution is -0.192. The molecule has 0 radical (unpaired) electrons. The van der Waals surface area contributed by atoms with Gasteiger partial charge in [0.25, 0.3) is 5.56 Å². The van der Waals surface area contributed by atoms with Gasteiger partial charge < -0.3 is 15.0 Å². The van der Waals surface area contributed by atoms with Gasteiger partial charge in [-0.2, -0.15) is 18.3 Å². The molecule has 164 valence electrons. The average Bonchev–Trinajstić information content (AvgIpc) is 3.41. The molecule has 4 rings (SSSR count). The van der Waals surface area contributed by atoms with Crippen LogP contribution < -0.4 is 10.9 Å². The zero-order chi connectivity index (χ0) is 21.9. The number of fused-ring (bicyclic) bond motifs is 1. The number of pyridine rings is 1. The second kappa shape index (κ2) is 9.03. The Morgan fingerprint density at radius 2 is 2.00 bits per heavy atom. The molecule has 2 aliphatic rings. The molecule has 2 aromatic rings. The highest BCUT2D eigenvalue weighted by Gasteiger charge is 2.38. The van der Waals surface area contributed by atoms with Crippen molar-refractivity contribution in [1.82, 2.24) is 19.7 Å². The van der Waals surface area contributed by atoms with E-state index < -0.39 is 12.1 Å². The quantitative estimate of drug-likeness (QED) is 0.766. The summed E-state index contributed by atoms with van der Waals surface area (Å²) in [5.74, 6) is -2.02. The predicted octanol–water partition coefficient (Wildman–Crippen LogP) is 2.27. The van der Waals surface area contributed by atoms with Gasteiger partial charge in [-0.05, 0) is 43.6 Å². The van der Waals surface area contributed by atoms with Gasteiger partial charge in [-0.25, -0.2) is 4.79 Å². The number of carboxylic acid groups (broad SMARTS) is 1. The van der Waals surface area contributed by atoms with Gasteiger partial charge in [-0.1, -0.05) is 6.07 Å². The molecule has 0 spiro atoms. The Bertz CT molecular complexity index is 948. The van der Waals surface area contributed by atoms with E-state index in [4.69, 9.17) is 9.90 Å². The van der Waals surface area contributed by atoms with Crippen molar-refractivity contribution >= 4 is 5.97 Å². The lowest BCUT2D eigenvalue weighted by atomic mass is 9.91. The molecule has 7 nitrogen and oxygen atoms in total. The van der Waals surface area contributed by atoms with Gasteiger partial charge in [-0.3, -0.25) is 9.48 Å². The molecule has 1 unspecified atom stereocenters. The van der Waals surface area contributed by atoms with Crippen LogP contribution in [-0.2, 0) is 37.8 Å². The van der Waals surface area contributed by atoms with Crippen LogP contribution in [0, 0.1) is 5.92 Å². The second-order valence-electron chi connectivity index (χ2n) is 7.84. The van der Waals surface area contributed by atoms with Gasteiger partial charge in [0, 0.05) is 49.7 Å². The minimum absolute atomic E-state index is 0.178. The maximum absolute atomic E-state index is 12.2. The molecule has 0 saturated heterocycles. The summed E-state index contributed by atoms with van der Waals surface area (Å²) in [7, 11) is 1.94. The largest absolute Gasteiger partial charge is 0.490 e. The third-order valence-corrected chi connectivity index (χ3v) is 5.32. The molecule has 2 heterocycles. The molecule has 30 heavy (non-hydrogen) atoms. The zero-order valence-corrected chi connectivity index (χ0v) is 16.7. The van der Waals surface area contributed by atoms with E-state index in [1.54, 1.807) is 6.07 Å². The maximum atomic E-state index is 12.2. The Morgan fingerprint density at radius 3 is 2.57 bits per heavy atom. The standard InChI is InChI=1S/C18H24N4O.C2HF3O2/c1-21-11-14(10-20-21)9-19-16-5-6-17-15(8-16)4-7-18(23)22(17)12-13-2-3-13;3-2(4,5)1(6)7/h4,7,10-11,13,16,19H,2-3,5-6,8-9,12H2,1H3;(H,6,7). The highest BCUT2D eigenvalue weighted by atomic mass is 19.4. The van der Waals surface area contributed by atoms with Crippen LogP contribution in [-0.4, -0.2) is 37.6 Å². The SMILES string of the molecule is Cn1cc(CNC2CCc3c(ccc(=O)n3CC3CC3)C2)cn1.O=C(O)C(F)(F)F. The van der Waals surface area contributed by atoms with Gasteiger partial charge in [-0.15, -0.1) is 0 Å². The van der Waals surface area contributed by atoms with Crippen molar-refractivity contribution in [2.75, 3.05) is 0 Å². The van der Waals surface area contributed by atoms with Crippen molar-refractivity contribution in [3.05, 3.63) is 51.7 Å². The number of carbonyl (C=O) groups is 1. The number of aliphatic carboxylic acids is 1. The van der Waals surface area contributed by atoms with E-state index in [9.17, 15) is 18.0 Å². The number of aromatic nitrogens is 3. The van der Waals surface area contributed by atoms with Crippen LogP contribution in [0.2, 0.25) is 0 Å². The Hall–Kier alpha value is -2.62. The highest BCUT2D eigenvalue weighted by molar-refractivity contribution is 5.73. The lowest BCUT2D eigenvalue weighted by Gasteiger charge is -2.27. The van der Waals surface area contributed by atoms with E-state index in [0.29, 0.717) is 6.04 Å². The summed E-state index contributed by atoms with van der Waals surface area (Å²) in [6, 6.07) is 4.28. The van der Waals surface area contributed by atoms with E-state index in [0.717, 1.165) is 38.3 Å². The molecular weight excluding hydrogens is 401 g/mol. The summed E-state index contributed by atoms with van der Waals surface area (Å²) in [4.78, 5) is 21.1. The van der Waals surface area contributed by atoms with Crippen LogP contribution in [0.5, 0.6) is 0 Å². The number of aryl methyl sites for hydroxylation is 1. The predicted molar refractivity (Wildman–Crippen MR) is 103 cm³/mol. The fourth-order valence-corrected chi connectivity index (χ4v) is 3.58. The van der Waals surface area contributed by atoms with E-state index in [1.165, 1.54) is 29.7 Å². The Morgan fingerprint density at radius 1 is 1.30 bits per heavy atom. The molecule has 2 N–H and O–H groups in total. The smallest absolute Gasteiger partial charge is 0.475 e. The number of hydrogen-bond acceptors (Lipinski definition) is 4. The first-order valence-corrected chi connectivity index (χ1v) is 9.86. The molecular formula is C20H25F3N4O3. The monoisotopic (exact) mass is 426 g/mol. The summed E-state index contributed by atoms with van der Waals surface area (Å²) < 4.78 is 35.6. The van der Waals surface area contributed by atoms with E-state index in [1.807, 2.05) is 28.6 Å². The van der Waals surface area contributed by atoms with Crippen molar-refractivity contribution in [2.45, 2.75) is 57.4 Å². The van der Waals surface area contributed by atoms with E-state index >= 15 is 0 Å². The zero-order valence-electron chi connectivity index (χ0n) is 16.7. The average molecular weight is 426 g/mol. The van der Waals surface area contributed by atoms with Gasteiger partial charge in [0.15, 0.2) is 0 Å². The van der Waals surface area contributed by atoms with Gasteiger partial charge in [0.05, 0.1) is 6.20 Å². The summed E-state index contributed by atoms with van der Waals surface area (Å²) >= 11 is 0. The second-order valence-corrected chi connectivity index (χ2v) is 7.84. The molecule has 1 fully saturated rings. The van der Waals surface area contributed by atoms with Crippen LogP contribution >= 0.6 is 0 Å². The number of halogens is 3. The lowest BCUT2D eigenvalue weighted by Crippen LogP contribution is -2.37. The summed E-state index contributed by atoms with van der Waals surface area (Å²) in [5.41, 5.74) is 4.03. The first-order chi connectivity index (χ1) is 14.1. The van der Waals surface area contributed by atoms with Crippen molar-refractivity contribution < 1.29 is 23.1 Å². The summed E-state index contributed by atoms with van der Waals surface area (Å²) in [6.45, 7) is 1.78. The van der Waals surface area contributed by atoms with Crippen molar-refractivity contribution in [3.8, 4) is 0 Å². The number of alkyl halides is 3. The first kappa shape index (κ1) is 22.1. The number of nitrogens with zero attached hydrogens (tertiary/aromatic N) is 3. The number of hydrogen-bond donors (Lipinski definition) is 2. The van der Waals surface area contributed by atoms with Crippen LogP contribution in [0.1, 0.15) is 36.1 Å². The molecule has 0 bridgehead atoms. The number of carboxylic acids is 1. The molecule has 2 aliphatic carbocycles. The molecule has 0 aliphatic heterocycles. The Balaban J connectivity index is 0.000000318. The minimum Gasteiger partial charge on any atom is -0.475 e. The highest BCUT2D eigenvalue weighted by Crippen LogP contribution is 2.31. The van der Waals surface area contributed by atoms with Crippen molar-refractivity contribution in [3.63, 3.8) is 0 Å². The van der Waals surface area contributed by atoms with E-state index in [2.05, 4.69) is 16.6 Å². The number of rotatable bonds is 5. The fourth-order valence-electron chi connectivity index (χ4n) is 3.58. The molecule has 1 saturated carbocycles. The summed E-state index contributed by atoms with van der Waals surface area (Å²) in [6.07, 6.45) is 4.57. The van der Waals surface area contributed by atoms with Crippen LogP contribution in [0.3, 0.4) is 0 Å². The molecule has 2 aromatic heterocycles. The third-order valence-electron chi connectivity index (χ3n) is 5.32. The van der Waals surface area contributed by atoms with Gasteiger partial charge in [0.2, 0.25) is 0 Å².